The van der Waals surface area contributed by atoms with Crippen molar-refractivity contribution in [2.24, 2.45) is 4.99 Å². The number of guanidine groups is 1. The Morgan fingerprint density at radius 1 is 1.10 bits per heavy atom. The molecule has 1 aromatic rings. The maximum Gasteiger partial charge on any atom is 0.191 e. The standard InChI is InChI=1S/C23H38N4O2/c1-24-23(25-12-7-15-29-22-10-3-2-4-11-22)26-18-20-8-5-6-9-21(20)19-27-13-16-28-17-14-27/h5-6,8-9,22H,2-4,7,10-19H2,1H3,(H2,24,25,26). The van der Waals surface area contributed by atoms with Gasteiger partial charge in [-0.05, 0) is 30.4 Å². The second kappa shape index (κ2) is 12.8. The van der Waals surface area contributed by atoms with Gasteiger partial charge in [0.15, 0.2) is 5.96 Å². The van der Waals surface area contributed by atoms with Crippen LogP contribution in [0.15, 0.2) is 29.3 Å². The van der Waals surface area contributed by atoms with Gasteiger partial charge in [0.25, 0.3) is 0 Å². The maximum absolute atomic E-state index is 6.00. The van der Waals surface area contributed by atoms with Gasteiger partial charge in [0.1, 0.15) is 0 Å². The van der Waals surface area contributed by atoms with Crippen molar-refractivity contribution in [1.82, 2.24) is 15.5 Å². The van der Waals surface area contributed by atoms with Crippen LogP contribution in [0, 0.1) is 0 Å². The van der Waals surface area contributed by atoms with Crippen molar-refractivity contribution in [3.8, 4) is 0 Å². The highest BCUT2D eigenvalue weighted by molar-refractivity contribution is 5.79. The van der Waals surface area contributed by atoms with Crippen LogP contribution in [0.2, 0.25) is 0 Å². The van der Waals surface area contributed by atoms with E-state index < -0.39 is 0 Å². The Labute approximate surface area is 176 Å². The van der Waals surface area contributed by atoms with Gasteiger partial charge < -0.3 is 20.1 Å². The molecule has 0 atom stereocenters. The van der Waals surface area contributed by atoms with Gasteiger partial charge in [-0.2, -0.15) is 0 Å². The van der Waals surface area contributed by atoms with Crippen molar-refractivity contribution in [2.45, 2.75) is 57.7 Å². The number of morpholine rings is 1. The molecular formula is C23H38N4O2. The van der Waals surface area contributed by atoms with Gasteiger partial charge in [-0.15, -0.1) is 0 Å². The Kier molecular flexibility index (Phi) is 9.76. The first kappa shape index (κ1) is 22.1. The van der Waals surface area contributed by atoms with E-state index in [1.54, 1.807) is 0 Å². The van der Waals surface area contributed by atoms with Gasteiger partial charge in [-0.25, -0.2) is 0 Å². The zero-order valence-corrected chi connectivity index (χ0v) is 18.0. The normalized spacial score (nSPS) is 19.3. The van der Waals surface area contributed by atoms with Crippen molar-refractivity contribution in [3.63, 3.8) is 0 Å². The van der Waals surface area contributed by atoms with Gasteiger partial charge in [-0.3, -0.25) is 9.89 Å². The second-order valence-electron chi connectivity index (χ2n) is 7.99. The summed E-state index contributed by atoms with van der Waals surface area (Å²) in [5.41, 5.74) is 2.70. The van der Waals surface area contributed by atoms with E-state index >= 15 is 0 Å². The summed E-state index contributed by atoms with van der Waals surface area (Å²) >= 11 is 0. The molecule has 0 unspecified atom stereocenters. The predicted octanol–water partition coefficient (Wildman–Crippen LogP) is 2.92. The lowest BCUT2D eigenvalue weighted by Gasteiger charge is -2.27. The Bertz CT molecular complexity index is 611. The second-order valence-corrected chi connectivity index (χ2v) is 7.99. The molecule has 0 bridgehead atoms. The minimum absolute atomic E-state index is 0.490. The molecule has 6 nitrogen and oxygen atoms in total. The molecular weight excluding hydrogens is 364 g/mol. The van der Waals surface area contributed by atoms with Crippen LogP contribution in [0.25, 0.3) is 0 Å². The highest BCUT2D eigenvalue weighted by atomic mass is 16.5. The molecule has 1 saturated heterocycles. The van der Waals surface area contributed by atoms with E-state index in [0.29, 0.717) is 6.10 Å². The third-order valence-corrected chi connectivity index (χ3v) is 5.81. The third kappa shape index (κ3) is 7.96. The maximum atomic E-state index is 6.00. The van der Waals surface area contributed by atoms with Gasteiger partial charge in [0.05, 0.1) is 19.3 Å². The molecule has 3 rings (SSSR count). The molecule has 2 aliphatic rings. The molecule has 1 saturated carbocycles. The molecule has 0 radical (unpaired) electrons. The summed E-state index contributed by atoms with van der Waals surface area (Å²) in [4.78, 5) is 6.82. The van der Waals surface area contributed by atoms with E-state index in [4.69, 9.17) is 9.47 Å². The van der Waals surface area contributed by atoms with Crippen molar-refractivity contribution in [2.75, 3.05) is 46.5 Å². The van der Waals surface area contributed by atoms with Gasteiger partial charge in [-0.1, -0.05) is 43.5 Å². The zero-order chi connectivity index (χ0) is 20.2. The lowest BCUT2D eigenvalue weighted by molar-refractivity contribution is 0.0277. The molecule has 0 aromatic heterocycles. The average Bonchev–Trinajstić information content (AvgIpc) is 2.78. The van der Waals surface area contributed by atoms with E-state index in [1.807, 2.05) is 7.05 Å². The summed E-state index contributed by atoms with van der Waals surface area (Å²) in [7, 11) is 1.83. The van der Waals surface area contributed by atoms with Crippen LogP contribution in [-0.4, -0.2) is 63.5 Å². The molecule has 0 amide bonds. The summed E-state index contributed by atoms with van der Waals surface area (Å²) in [6.07, 6.45) is 7.99. The smallest absolute Gasteiger partial charge is 0.191 e. The number of hydrogen-bond acceptors (Lipinski definition) is 4. The highest BCUT2D eigenvalue weighted by Gasteiger charge is 2.14. The summed E-state index contributed by atoms with van der Waals surface area (Å²) < 4.78 is 11.5. The largest absolute Gasteiger partial charge is 0.379 e. The topological polar surface area (TPSA) is 58.1 Å². The van der Waals surface area contributed by atoms with Crippen LogP contribution in [0.3, 0.4) is 0 Å². The highest BCUT2D eigenvalue weighted by Crippen LogP contribution is 2.20. The van der Waals surface area contributed by atoms with Gasteiger partial charge in [0, 0.05) is 46.4 Å². The molecule has 2 fully saturated rings. The first-order valence-corrected chi connectivity index (χ1v) is 11.3. The van der Waals surface area contributed by atoms with Crippen molar-refractivity contribution < 1.29 is 9.47 Å². The Morgan fingerprint density at radius 3 is 2.62 bits per heavy atom. The lowest BCUT2D eigenvalue weighted by Crippen LogP contribution is -2.38. The molecule has 1 aromatic carbocycles. The Balaban J connectivity index is 1.36. The SMILES string of the molecule is CN=C(NCCCOC1CCCCC1)NCc1ccccc1CN1CCOCC1. The quantitative estimate of drug-likeness (QED) is 0.378. The fourth-order valence-electron chi connectivity index (χ4n) is 4.04. The van der Waals surface area contributed by atoms with E-state index in [-0.39, 0.29) is 0 Å². The molecule has 1 heterocycles. The van der Waals surface area contributed by atoms with Crippen molar-refractivity contribution >= 4 is 5.96 Å². The first-order valence-electron chi connectivity index (χ1n) is 11.3. The van der Waals surface area contributed by atoms with Crippen molar-refractivity contribution in [3.05, 3.63) is 35.4 Å². The number of ether oxygens (including phenoxy) is 2. The van der Waals surface area contributed by atoms with E-state index in [9.17, 15) is 0 Å². The first-order chi connectivity index (χ1) is 14.3. The van der Waals surface area contributed by atoms with Crippen LogP contribution >= 0.6 is 0 Å². The molecule has 1 aliphatic carbocycles. The number of rotatable bonds is 9. The van der Waals surface area contributed by atoms with Crippen LogP contribution in [0.5, 0.6) is 0 Å². The Morgan fingerprint density at radius 2 is 1.86 bits per heavy atom. The number of nitrogens with one attached hydrogen (secondary N) is 2. The molecule has 0 spiro atoms. The number of aliphatic imine (C=N–C) groups is 1. The minimum Gasteiger partial charge on any atom is -0.379 e. The van der Waals surface area contributed by atoms with Crippen LogP contribution in [-0.2, 0) is 22.6 Å². The lowest BCUT2D eigenvalue weighted by atomic mass is 9.98. The molecule has 1 aliphatic heterocycles. The fourth-order valence-corrected chi connectivity index (χ4v) is 4.04. The van der Waals surface area contributed by atoms with Crippen molar-refractivity contribution in [1.29, 1.82) is 0 Å². The fraction of sp³-hybridized carbons (Fsp3) is 0.696. The monoisotopic (exact) mass is 402 g/mol. The van der Waals surface area contributed by atoms with E-state index in [0.717, 1.165) is 64.9 Å². The molecule has 6 heteroatoms. The van der Waals surface area contributed by atoms with Crippen LogP contribution in [0.1, 0.15) is 49.7 Å². The average molecular weight is 403 g/mol. The predicted molar refractivity (Wildman–Crippen MR) is 118 cm³/mol. The summed E-state index contributed by atoms with van der Waals surface area (Å²) in [6.45, 7) is 7.15. The summed E-state index contributed by atoms with van der Waals surface area (Å²) in [6, 6.07) is 8.66. The number of hydrogen-bond donors (Lipinski definition) is 2. The Hall–Kier alpha value is -1.63. The molecule has 2 N–H and O–H groups in total. The number of nitrogens with zero attached hydrogens (tertiary/aromatic N) is 2. The van der Waals surface area contributed by atoms with Crippen LogP contribution in [0.4, 0.5) is 0 Å². The minimum atomic E-state index is 0.490. The van der Waals surface area contributed by atoms with E-state index in [2.05, 4.69) is 44.8 Å². The third-order valence-electron chi connectivity index (χ3n) is 5.81. The van der Waals surface area contributed by atoms with Gasteiger partial charge >= 0.3 is 0 Å². The zero-order valence-electron chi connectivity index (χ0n) is 18.0. The van der Waals surface area contributed by atoms with Gasteiger partial charge in [0.2, 0.25) is 0 Å². The van der Waals surface area contributed by atoms with E-state index in [1.165, 1.54) is 43.2 Å². The summed E-state index contributed by atoms with van der Waals surface area (Å²) in [5, 5.41) is 6.87. The number of benzene rings is 1. The molecule has 29 heavy (non-hydrogen) atoms. The molecule has 162 valence electrons. The van der Waals surface area contributed by atoms with Crippen LogP contribution < -0.4 is 10.6 Å². The summed E-state index contributed by atoms with van der Waals surface area (Å²) in [5.74, 6) is 0.851.